The summed E-state index contributed by atoms with van der Waals surface area (Å²) in [6.45, 7) is 11.3. The Morgan fingerprint density at radius 2 is 1.80 bits per heavy atom. The van der Waals surface area contributed by atoms with Gasteiger partial charge in [-0.3, -0.25) is 14.4 Å². The summed E-state index contributed by atoms with van der Waals surface area (Å²) in [6.07, 6.45) is 6.22. The number of carbonyl (C=O) groups is 3. The number of hydrogen-bond donors (Lipinski definition) is 2. The number of likely N-dealkylation sites (tertiary alicyclic amines) is 1. The van der Waals surface area contributed by atoms with Crippen molar-refractivity contribution in [3.8, 4) is 0 Å². The number of carbonyl (C=O) groups excluding carboxylic acids is 3. The molecule has 3 heterocycles. The van der Waals surface area contributed by atoms with Crippen LogP contribution in [-0.2, 0) is 19.1 Å². The van der Waals surface area contributed by atoms with Crippen LogP contribution in [0.3, 0.4) is 0 Å². The van der Waals surface area contributed by atoms with Crippen LogP contribution in [0.4, 0.5) is 5.69 Å². The van der Waals surface area contributed by atoms with Crippen molar-refractivity contribution in [2.75, 3.05) is 31.5 Å². The first-order valence-electron chi connectivity index (χ1n) is 14.6. The highest BCUT2D eigenvalue weighted by Gasteiger charge is 2.72. The van der Waals surface area contributed by atoms with Gasteiger partial charge in [0.1, 0.15) is 11.6 Å². The van der Waals surface area contributed by atoms with Gasteiger partial charge in [-0.15, -0.1) is 0 Å². The van der Waals surface area contributed by atoms with Gasteiger partial charge in [-0.1, -0.05) is 75.9 Å². The number of ether oxygens (including phenoxy) is 1. The standard InChI is InChI=1S/C30H40Cl2N4O4/c1-5-35(6-2)12-13-36-26(28(38)34-22-9-7-8-17(3)18(22)4)30-11-10-23(40-30)24(25(30)29(36)39)27(37)33-21-15-19(31)14-20(32)16-21/h10-11,14-18,22-26H,5-9,12-13H2,1-4H3,(H,33,37)(H,34,38). The topological polar surface area (TPSA) is 91.0 Å². The molecule has 2 N–H and O–H groups in total. The zero-order chi connectivity index (χ0) is 28.8. The third-order valence-electron chi connectivity index (χ3n) is 9.64. The smallest absolute Gasteiger partial charge is 0.246 e. The Balaban J connectivity index is 1.44. The first-order chi connectivity index (χ1) is 19.1. The summed E-state index contributed by atoms with van der Waals surface area (Å²) >= 11 is 12.3. The Morgan fingerprint density at radius 3 is 2.48 bits per heavy atom. The Morgan fingerprint density at radius 1 is 1.10 bits per heavy atom. The van der Waals surface area contributed by atoms with E-state index in [1.54, 1.807) is 23.1 Å². The number of amides is 3. The van der Waals surface area contributed by atoms with E-state index in [0.717, 1.165) is 32.4 Å². The quantitative estimate of drug-likeness (QED) is 0.417. The van der Waals surface area contributed by atoms with Crippen LogP contribution in [0, 0.1) is 23.7 Å². The predicted octanol–water partition coefficient (Wildman–Crippen LogP) is 4.37. The largest absolute Gasteiger partial charge is 0.359 e. The lowest BCUT2D eigenvalue weighted by Gasteiger charge is -2.38. The van der Waals surface area contributed by atoms with Gasteiger partial charge in [0, 0.05) is 34.9 Å². The molecule has 3 amide bonds. The van der Waals surface area contributed by atoms with Crippen molar-refractivity contribution in [1.29, 1.82) is 0 Å². The van der Waals surface area contributed by atoms with Crippen molar-refractivity contribution in [3.63, 3.8) is 0 Å². The van der Waals surface area contributed by atoms with Crippen molar-refractivity contribution in [1.82, 2.24) is 15.1 Å². The zero-order valence-electron chi connectivity index (χ0n) is 23.7. The van der Waals surface area contributed by atoms with Crippen molar-refractivity contribution < 1.29 is 19.1 Å². The van der Waals surface area contributed by atoms with E-state index in [1.807, 2.05) is 12.2 Å². The van der Waals surface area contributed by atoms with E-state index in [4.69, 9.17) is 27.9 Å². The number of likely N-dealkylation sites (N-methyl/N-ethyl adjacent to an activating group) is 1. The van der Waals surface area contributed by atoms with E-state index >= 15 is 0 Å². The highest BCUT2D eigenvalue weighted by Crippen LogP contribution is 2.55. The number of nitrogens with zero attached hydrogens (tertiary/aromatic N) is 2. The van der Waals surface area contributed by atoms with Gasteiger partial charge in [0.25, 0.3) is 0 Å². The molecule has 40 heavy (non-hydrogen) atoms. The molecule has 3 aliphatic heterocycles. The van der Waals surface area contributed by atoms with Crippen LogP contribution >= 0.6 is 23.2 Å². The van der Waals surface area contributed by atoms with Crippen LogP contribution in [0.2, 0.25) is 10.0 Å². The lowest BCUT2D eigenvalue weighted by Crippen LogP contribution is -2.58. The fourth-order valence-corrected chi connectivity index (χ4v) is 7.72. The molecular formula is C30H40Cl2N4O4. The normalized spacial score (nSPS) is 34.4. The van der Waals surface area contributed by atoms with Crippen LogP contribution in [0.1, 0.15) is 47.0 Å². The van der Waals surface area contributed by atoms with E-state index in [-0.39, 0.29) is 23.8 Å². The number of rotatable bonds is 9. The van der Waals surface area contributed by atoms with Crippen LogP contribution in [-0.4, -0.2) is 77.5 Å². The number of anilines is 1. The maximum atomic E-state index is 14.2. The average molecular weight is 592 g/mol. The monoisotopic (exact) mass is 590 g/mol. The summed E-state index contributed by atoms with van der Waals surface area (Å²) in [5.41, 5.74) is -0.742. The first kappa shape index (κ1) is 29.4. The zero-order valence-corrected chi connectivity index (χ0v) is 25.2. The van der Waals surface area contributed by atoms with Crippen LogP contribution < -0.4 is 10.6 Å². The molecule has 2 bridgehead atoms. The molecule has 0 radical (unpaired) electrons. The molecule has 8 unspecified atom stereocenters. The Hall–Kier alpha value is -2.13. The molecule has 4 aliphatic rings. The Kier molecular flexibility index (Phi) is 8.54. The highest BCUT2D eigenvalue weighted by atomic mass is 35.5. The highest BCUT2D eigenvalue weighted by molar-refractivity contribution is 6.35. The molecule has 3 fully saturated rings. The van der Waals surface area contributed by atoms with Crippen LogP contribution in [0.5, 0.6) is 0 Å². The molecule has 1 aliphatic carbocycles. The lowest BCUT2D eigenvalue weighted by molar-refractivity contribution is -0.141. The maximum absolute atomic E-state index is 14.2. The molecule has 1 spiro atoms. The summed E-state index contributed by atoms with van der Waals surface area (Å²) in [5, 5.41) is 6.97. The summed E-state index contributed by atoms with van der Waals surface area (Å²) in [4.78, 5) is 45.8. The third-order valence-corrected chi connectivity index (χ3v) is 10.1. The van der Waals surface area contributed by atoms with Gasteiger partial charge in [0.05, 0.1) is 17.9 Å². The predicted molar refractivity (Wildman–Crippen MR) is 156 cm³/mol. The Labute approximate surface area is 246 Å². The molecule has 5 rings (SSSR count). The van der Waals surface area contributed by atoms with Gasteiger partial charge in [0.2, 0.25) is 17.7 Å². The first-order valence-corrected chi connectivity index (χ1v) is 15.3. The van der Waals surface area contributed by atoms with Gasteiger partial charge in [-0.25, -0.2) is 0 Å². The number of benzene rings is 1. The molecule has 0 aromatic heterocycles. The fraction of sp³-hybridized carbons (Fsp3) is 0.633. The molecule has 1 aromatic rings. The van der Waals surface area contributed by atoms with E-state index < -0.39 is 29.6 Å². The second kappa shape index (κ2) is 11.6. The summed E-state index contributed by atoms with van der Waals surface area (Å²) in [6, 6.07) is 4.01. The van der Waals surface area contributed by atoms with Gasteiger partial charge in [-0.05, 0) is 49.5 Å². The van der Waals surface area contributed by atoms with Gasteiger partial charge in [-0.2, -0.15) is 0 Å². The van der Waals surface area contributed by atoms with Crippen LogP contribution in [0.25, 0.3) is 0 Å². The second-order valence-corrected chi connectivity index (χ2v) is 12.7. The molecule has 10 heteroatoms. The molecule has 218 valence electrons. The minimum atomic E-state index is -1.19. The number of nitrogens with one attached hydrogen (secondary N) is 2. The van der Waals surface area contributed by atoms with Gasteiger partial charge >= 0.3 is 0 Å². The van der Waals surface area contributed by atoms with E-state index in [2.05, 4.69) is 43.2 Å². The number of halogens is 2. The van der Waals surface area contributed by atoms with E-state index in [1.165, 1.54) is 0 Å². The maximum Gasteiger partial charge on any atom is 0.246 e. The van der Waals surface area contributed by atoms with E-state index in [0.29, 0.717) is 40.7 Å². The molecule has 1 saturated carbocycles. The van der Waals surface area contributed by atoms with Gasteiger partial charge in [0.15, 0.2) is 0 Å². The number of fused-ring (bicyclic) bond motifs is 1. The molecule has 8 nitrogen and oxygen atoms in total. The second-order valence-electron chi connectivity index (χ2n) is 11.8. The minimum absolute atomic E-state index is 0.0423. The molecular weight excluding hydrogens is 551 g/mol. The van der Waals surface area contributed by atoms with Crippen molar-refractivity contribution >= 4 is 46.6 Å². The minimum Gasteiger partial charge on any atom is -0.359 e. The van der Waals surface area contributed by atoms with Gasteiger partial charge < -0.3 is 25.2 Å². The van der Waals surface area contributed by atoms with Crippen molar-refractivity contribution in [2.45, 2.75) is 70.7 Å². The third kappa shape index (κ3) is 5.17. The summed E-state index contributed by atoms with van der Waals surface area (Å²) < 4.78 is 6.47. The summed E-state index contributed by atoms with van der Waals surface area (Å²) in [5.74, 6) is -1.49. The average Bonchev–Trinajstić information content (AvgIpc) is 3.54. The molecule has 1 aromatic carbocycles. The fourth-order valence-electron chi connectivity index (χ4n) is 7.20. The Bertz CT molecular complexity index is 1170. The van der Waals surface area contributed by atoms with E-state index in [9.17, 15) is 14.4 Å². The number of hydrogen-bond acceptors (Lipinski definition) is 5. The van der Waals surface area contributed by atoms with Crippen LogP contribution in [0.15, 0.2) is 30.4 Å². The summed E-state index contributed by atoms with van der Waals surface area (Å²) in [7, 11) is 0. The SMILES string of the molecule is CCN(CC)CCN1C(=O)C2C(C(=O)Nc3cc(Cl)cc(Cl)c3)C3C=CC2(O3)C1C(=O)NC1CCCC(C)C1C. The van der Waals surface area contributed by atoms with Crippen molar-refractivity contribution in [3.05, 3.63) is 40.4 Å². The lowest BCUT2D eigenvalue weighted by atomic mass is 9.73. The molecule has 8 atom stereocenters. The molecule has 2 saturated heterocycles. The van der Waals surface area contributed by atoms with Crippen molar-refractivity contribution in [2.24, 2.45) is 23.7 Å².